The van der Waals surface area contributed by atoms with Crippen molar-refractivity contribution in [3.8, 4) is 0 Å². The topological polar surface area (TPSA) is 48.2 Å². The van der Waals surface area contributed by atoms with Crippen molar-refractivity contribution in [3.05, 3.63) is 29.3 Å². The van der Waals surface area contributed by atoms with E-state index in [9.17, 15) is 0 Å². The van der Waals surface area contributed by atoms with E-state index in [4.69, 9.17) is 5.53 Å². The largest absolute Gasteiger partial charge is 0.379 e. The Bertz CT molecular complexity index is 380. The summed E-state index contributed by atoms with van der Waals surface area (Å²) in [6, 6.07) is 5.79. The van der Waals surface area contributed by atoms with E-state index >= 15 is 0 Å². The van der Waals surface area contributed by atoms with Crippen LogP contribution in [0.1, 0.15) is 12.5 Å². The van der Waals surface area contributed by atoms with E-state index in [1.54, 1.807) is 0 Å². The molecule has 0 radical (unpaired) electrons. The summed E-state index contributed by atoms with van der Waals surface area (Å²) in [5.41, 5.74) is 11.1. The first-order chi connectivity index (χ1) is 6.31. The summed E-state index contributed by atoms with van der Waals surface area (Å²) < 4.78 is 0. The van der Waals surface area contributed by atoms with Crippen LogP contribution in [0.5, 0.6) is 0 Å². The number of hydrogen-bond acceptors (Lipinski definition) is 3. The molecule has 3 heteroatoms. The van der Waals surface area contributed by atoms with E-state index < -0.39 is 0 Å². The maximum absolute atomic E-state index is 7.00. The molecular formula is C10H11N3. The molecule has 2 rings (SSSR count). The SMILES string of the molecule is CC1=Cc2cccc(N=N)c2NC1. The molecule has 1 heterocycles. The summed E-state index contributed by atoms with van der Waals surface area (Å²) in [6.07, 6.45) is 2.13. The van der Waals surface area contributed by atoms with Crippen molar-refractivity contribution in [3.63, 3.8) is 0 Å². The quantitative estimate of drug-likeness (QED) is 0.629. The summed E-state index contributed by atoms with van der Waals surface area (Å²) in [4.78, 5) is 0. The third-order valence-corrected chi connectivity index (χ3v) is 2.14. The first-order valence-corrected chi connectivity index (χ1v) is 4.23. The number of benzene rings is 1. The Hall–Kier alpha value is -1.64. The minimum atomic E-state index is 0.709. The van der Waals surface area contributed by atoms with E-state index in [2.05, 4.69) is 23.4 Å². The fourth-order valence-corrected chi connectivity index (χ4v) is 1.51. The van der Waals surface area contributed by atoms with Gasteiger partial charge in [-0.05, 0) is 18.6 Å². The van der Waals surface area contributed by atoms with Crippen molar-refractivity contribution in [2.45, 2.75) is 6.92 Å². The molecule has 0 unspecified atom stereocenters. The second-order valence-electron chi connectivity index (χ2n) is 3.20. The molecule has 0 fully saturated rings. The maximum Gasteiger partial charge on any atom is 0.109 e. The molecule has 1 aromatic carbocycles. The van der Waals surface area contributed by atoms with E-state index in [0.717, 1.165) is 17.8 Å². The van der Waals surface area contributed by atoms with Crippen molar-refractivity contribution in [2.24, 2.45) is 5.11 Å². The van der Waals surface area contributed by atoms with Crippen LogP contribution in [0.4, 0.5) is 11.4 Å². The third kappa shape index (κ3) is 1.33. The molecule has 0 saturated carbocycles. The van der Waals surface area contributed by atoms with Gasteiger partial charge in [-0.15, -0.1) is 0 Å². The van der Waals surface area contributed by atoms with Gasteiger partial charge < -0.3 is 5.32 Å². The molecule has 0 aromatic heterocycles. The first-order valence-electron chi connectivity index (χ1n) is 4.23. The Labute approximate surface area is 77.0 Å². The number of anilines is 1. The Kier molecular flexibility index (Phi) is 1.85. The molecular weight excluding hydrogens is 162 g/mol. The van der Waals surface area contributed by atoms with E-state index in [1.807, 2.05) is 18.2 Å². The summed E-state index contributed by atoms with van der Waals surface area (Å²) in [5.74, 6) is 0. The highest BCUT2D eigenvalue weighted by Crippen LogP contribution is 2.32. The lowest BCUT2D eigenvalue weighted by Crippen LogP contribution is -2.08. The van der Waals surface area contributed by atoms with Gasteiger partial charge in [0, 0.05) is 6.54 Å². The van der Waals surface area contributed by atoms with Gasteiger partial charge in [-0.2, -0.15) is 5.11 Å². The lowest BCUT2D eigenvalue weighted by molar-refractivity contribution is 1.13. The number of para-hydroxylation sites is 1. The molecule has 13 heavy (non-hydrogen) atoms. The summed E-state index contributed by atoms with van der Waals surface area (Å²) in [6.45, 7) is 2.93. The van der Waals surface area contributed by atoms with Gasteiger partial charge in [0.2, 0.25) is 0 Å². The van der Waals surface area contributed by atoms with Gasteiger partial charge in [-0.3, -0.25) is 0 Å². The standard InChI is InChI=1S/C10H11N3/c1-7-5-8-3-2-4-9(13-11)10(8)12-6-7/h2-5,11-12H,6H2,1H3. The zero-order valence-electron chi connectivity index (χ0n) is 7.46. The third-order valence-electron chi connectivity index (χ3n) is 2.14. The van der Waals surface area contributed by atoms with Gasteiger partial charge in [0.1, 0.15) is 5.69 Å². The summed E-state index contributed by atoms with van der Waals surface area (Å²) in [7, 11) is 0. The minimum absolute atomic E-state index is 0.709. The molecule has 0 aliphatic carbocycles. The molecule has 0 spiro atoms. The van der Waals surface area contributed by atoms with Crippen LogP contribution in [0, 0.1) is 5.53 Å². The monoisotopic (exact) mass is 173 g/mol. The van der Waals surface area contributed by atoms with E-state index in [-0.39, 0.29) is 0 Å². The number of fused-ring (bicyclic) bond motifs is 1. The molecule has 0 bridgehead atoms. The second-order valence-corrected chi connectivity index (χ2v) is 3.20. The van der Waals surface area contributed by atoms with Crippen molar-refractivity contribution < 1.29 is 0 Å². The van der Waals surface area contributed by atoms with Crippen LogP contribution < -0.4 is 5.32 Å². The van der Waals surface area contributed by atoms with Crippen LogP contribution in [-0.2, 0) is 0 Å². The van der Waals surface area contributed by atoms with E-state index in [0.29, 0.717) is 5.69 Å². The average Bonchev–Trinajstić information content (AvgIpc) is 2.16. The molecule has 1 aliphatic rings. The van der Waals surface area contributed by atoms with Gasteiger partial charge in [-0.25, -0.2) is 5.53 Å². The van der Waals surface area contributed by atoms with Crippen LogP contribution >= 0.6 is 0 Å². The maximum atomic E-state index is 7.00. The first kappa shape index (κ1) is 7.98. The predicted molar refractivity (Wildman–Crippen MR) is 53.4 cm³/mol. The van der Waals surface area contributed by atoms with Crippen molar-refractivity contribution in [2.75, 3.05) is 11.9 Å². The summed E-state index contributed by atoms with van der Waals surface area (Å²) >= 11 is 0. The normalized spacial score (nSPS) is 14.1. The van der Waals surface area contributed by atoms with Crippen LogP contribution in [0.3, 0.4) is 0 Å². The number of hydrogen-bond donors (Lipinski definition) is 2. The van der Waals surface area contributed by atoms with Gasteiger partial charge >= 0.3 is 0 Å². The van der Waals surface area contributed by atoms with Gasteiger partial charge in [0.05, 0.1) is 5.69 Å². The van der Waals surface area contributed by atoms with E-state index in [1.165, 1.54) is 5.57 Å². The smallest absolute Gasteiger partial charge is 0.109 e. The highest BCUT2D eigenvalue weighted by atomic mass is 15.0. The number of nitrogens with one attached hydrogen (secondary N) is 2. The number of nitrogens with zero attached hydrogens (tertiary/aromatic N) is 1. The van der Waals surface area contributed by atoms with Crippen LogP contribution in [-0.4, -0.2) is 6.54 Å². The lowest BCUT2D eigenvalue weighted by Gasteiger charge is -2.17. The van der Waals surface area contributed by atoms with Gasteiger partial charge in [-0.1, -0.05) is 23.8 Å². The van der Waals surface area contributed by atoms with Crippen molar-refractivity contribution >= 4 is 17.5 Å². The number of rotatable bonds is 1. The molecule has 0 amide bonds. The Balaban J connectivity index is 2.58. The molecule has 0 atom stereocenters. The Morgan fingerprint density at radius 2 is 2.31 bits per heavy atom. The second kappa shape index (κ2) is 3.01. The Morgan fingerprint density at radius 1 is 1.46 bits per heavy atom. The Morgan fingerprint density at radius 3 is 3.08 bits per heavy atom. The van der Waals surface area contributed by atoms with Crippen LogP contribution in [0.2, 0.25) is 0 Å². The van der Waals surface area contributed by atoms with Gasteiger partial charge in [0.15, 0.2) is 0 Å². The molecule has 1 aliphatic heterocycles. The van der Waals surface area contributed by atoms with Crippen molar-refractivity contribution in [1.29, 1.82) is 5.53 Å². The molecule has 3 nitrogen and oxygen atoms in total. The van der Waals surface area contributed by atoms with Crippen LogP contribution in [0.15, 0.2) is 28.9 Å². The van der Waals surface area contributed by atoms with Crippen LogP contribution in [0.25, 0.3) is 6.08 Å². The molecule has 66 valence electrons. The fraction of sp³-hybridized carbons (Fsp3) is 0.200. The molecule has 2 N–H and O–H groups in total. The van der Waals surface area contributed by atoms with Crippen molar-refractivity contribution in [1.82, 2.24) is 0 Å². The predicted octanol–water partition coefficient (Wildman–Crippen LogP) is 3.18. The molecule has 0 saturated heterocycles. The minimum Gasteiger partial charge on any atom is -0.379 e. The summed E-state index contributed by atoms with van der Waals surface area (Å²) in [5, 5.41) is 6.72. The molecule has 1 aromatic rings. The highest BCUT2D eigenvalue weighted by Gasteiger charge is 2.09. The zero-order chi connectivity index (χ0) is 9.26. The average molecular weight is 173 g/mol. The highest BCUT2D eigenvalue weighted by molar-refractivity contribution is 5.80. The lowest BCUT2D eigenvalue weighted by atomic mass is 10.0. The van der Waals surface area contributed by atoms with Gasteiger partial charge in [0.25, 0.3) is 0 Å². The fourth-order valence-electron chi connectivity index (χ4n) is 1.51. The zero-order valence-corrected chi connectivity index (χ0v) is 7.46.